The topological polar surface area (TPSA) is 99.6 Å². The van der Waals surface area contributed by atoms with Gasteiger partial charge in [-0.1, -0.05) is 36.9 Å². The highest BCUT2D eigenvalue weighted by molar-refractivity contribution is 6.50. The van der Waals surface area contributed by atoms with Crippen LogP contribution < -0.4 is 9.64 Å². The first kappa shape index (κ1) is 27.4. The summed E-state index contributed by atoms with van der Waals surface area (Å²) in [6.07, 6.45) is 3.76. The highest BCUT2D eigenvalue weighted by atomic mass is 16.5. The number of aliphatic hydroxyl groups excluding tert-OH is 1. The Hall–Kier alpha value is -4.21. The SMILES string of the molecule is C=CCOc1ccc(/C(O)=C2\C(=O)C(=O)N(CCCN3CCOCC3)C23C(=O)N(CC=C)c2ccccc23)cc1. The van der Waals surface area contributed by atoms with Gasteiger partial charge in [-0.2, -0.15) is 0 Å². The number of hydrogen-bond acceptors (Lipinski definition) is 7. The van der Waals surface area contributed by atoms with Crippen LogP contribution in [0.4, 0.5) is 5.69 Å². The van der Waals surface area contributed by atoms with Crippen molar-refractivity contribution in [2.75, 3.05) is 57.4 Å². The number of ether oxygens (including phenoxy) is 2. The second kappa shape index (κ2) is 11.5. The van der Waals surface area contributed by atoms with Crippen LogP contribution in [0.15, 0.2) is 79.4 Å². The standard InChI is InChI=1S/C31H33N3O6/c1-3-14-33-25-9-6-5-8-24(25)31(30(33)38)26(27(35)22-10-12-23(13-11-22)40-19-4-2)28(36)29(37)34(31)16-7-15-32-17-20-39-21-18-32/h3-6,8-13,35H,1-2,7,14-21H2/b27-26-. The summed E-state index contributed by atoms with van der Waals surface area (Å²) in [5.41, 5.74) is -0.663. The Morgan fingerprint density at radius 3 is 2.42 bits per heavy atom. The Morgan fingerprint density at radius 2 is 1.73 bits per heavy atom. The lowest BCUT2D eigenvalue weighted by Crippen LogP contribution is -2.52. The average molecular weight is 544 g/mol. The Morgan fingerprint density at radius 1 is 1.00 bits per heavy atom. The zero-order valence-corrected chi connectivity index (χ0v) is 22.4. The fraction of sp³-hybridized carbons (Fsp3) is 0.323. The van der Waals surface area contributed by atoms with Crippen LogP contribution in [0.2, 0.25) is 0 Å². The highest BCUT2D eigenvalue weighted by Gasteiger charge is 2.66. The van der Waals surface area contributed by atoms with Crippen molar-refractivity contribution in [3.8, 4) is 5.75 Å². The Labute approximate surface area is 233 Å². The van der Waals surface area contributed by atoms with E-state index in [9.17, 15) is 19.5 Å². The van der Waals surface area contributed by atoms with Gasteiger partial charge in [0.05, 0.1) is 24.5 Å². The monoisotopic (exact) mass is 543 g/mol. The minimum Gasteiger partial charge on any atom is -0.507 e. The van der Waals surface area contributed by atoms with Crippen molar-refractivity contribution in [1.82, 2.24) is 9.80 Å². The maximum absolute atomic E-state index is 14.4. The van der Waals surface area contributed by atoms with Crippen LogP contribution in [0.3, 0.4) is 0 Å². The maximum atomic E-state index is 14.4. The quantitative estimate of drug-likeness (QED) is 0.213. The number of para-hydroxylation sites is 1. The van der Waals surface area contributed by atoms with E-state index in [0.29, 0.717) is 55.4 Å². The molecule has 2 aromatic rings. The molecule has 3 heterocycles. The van der Waals surface area contributed by atoms with Gasteiger partial charge in [-0.3, -0.25) is 19.3 Å². The second-order valence-corrected chi connectivity index (χ2v) is 9.87. The van der Waals surface area contributed by atoms with Crippen LogP contribution in [0.25, 0.3) is 5.76 Å². The molecule has 9 nitrogen and oxygen atoms in total. The van der Waals surface area contributed by atoms with Crippen LogP contribution in [-0.2, 0) is 24.7 Å². The van der Waals surface area contributed by atoms with Crippen molar-refractivity contribution < 1.29 is 29.0 Å². The molecule has 1 unspecified atom stereocenters. The van der Waals surface area contributed by atoms with E-state index in [-0.39, 0.29) is 18.7 Å². The number of benzene rings is 2. The molecule has 2 saturated heterocycles. The lowest BCUT2D eigenvalue weighted by molar-refractivity contribution is -0.143. The van der Waals surface area contributed by atoms with Gasteiger partial charge >= 0.3 is 0 Å². The Bertz CT molecular complexity index is 1360. The third-order valence-electron chi connectivity index (χ3n) is 7.58. The molecule has 5 rings (SSSR count). The van der Waals surface area contributed by atoms with Gasteiger partial charge in [-0.15, -0.1) is 6.58 Å². The number of ketones is 1. The molecule has 208 valence electrons. The summed E-state index contributed by atoms with van der Waals surface area (Å²) in [5.74, 6) is -2.02. The summed E-state index contributed by atoms with van der Waals surface area (Å²) in [6.45, 7) is 11.6. The molecular formula is C31H33N3O6. The first-order valence-electron chi connectivity index (χ1n) is 13.4. The van der Waals surface area contributed by atoms with E-state index < -0.39 is 28.9 Å². The number of anilines is 1. The first-order chi connectivity index (χ1) is 19.4. The van der Waals surface area contributed by atoms with Gasteiger partial charge < -0.3 is 24.4 Å². The van der Waals surface area contributed by atoms with Gasteiger partial charge in [0, 0.05) is 43.9 Å². The fourth-order valence-electron chi connectivity index (χ4n) is 5.76. The molecule has 0 aromatic heterocycles. The summed E-state index contributed by atoms with van der Waals surface area (Å²) < 4.78 is 11.0. The smallest absolute Gasteiger partial charge is 0.296 e. The van der Waals surface area contributed by atoms with E-state index in [1.54, 1.807) is 60.7 Å². The molecule has 2 aromatic carbocycles. The minimum atomic E-state index is -1.79. The zero-order valence-electron chi connectivity index (χ0n) is 22.4. The normalized spacial score (nSPS) is 22.1. The largest absolute Gasteiger partial charge is 0.507 e. The summed E-state index contributed by atoms with van der Waals surface area (Å²) >= 11 is 0. The van der Waals surface area contributed by atoms with Crippen LogP contribution >= 0.6 is 0 Å². The van der Waals surface area contributed by atoms with Crippen LogP contribution in [0.1, 0.15) is 17.5 Å². The number of hydrogen-bond donors (Lipinski definition) is 1. The molecule has 9 heteroatoms. The number of nitrogens with zero attached hydrogens (tertiary/aromatic N) is 3. The lowest BCUT2D eigenvalue weighted by Gasteiger charge is -2.35. The number of likely N-dealkylation sites (tertiary alicyclic amines) is 1. The molecule has 0 radical (unpaired) electrons. The van der Waals surface area contributed by atoms with Gasteiger partial charge in [0.2, 0.25) is 0 Å². The van der Waals surface area contributed by atoms with Crippen LogP contribution in [0, 0.1) is 0 Å². The van der Waals surface area contributed by atoms with Crippen LogP contribution in [-0.4, -0.2) is 85.0 Å². The van der Waals surface area contributed by atoms with E-state index in [1.165, 1.54) is 9.80 Å². The van der Waals surface area contributed by atoms with Crippen molar-refractivity contribution in [3.63, 3.8) is 0 Å². The maximum Gasteiger partial charge on any atom is 0.296 e. The highest BCUT2D eigenvalue weighted by Crippen LogP contribution is 2.53. The molecule has 1 atom stereocenters. The summed E-state index contributed by atoms with van der Waals surface area (Å²) in [4.78, 5) is 46.9. The fourth-order valence-corrected chi connectivity index (χ4v) is 5.76. The molecule has 0 bridgehead atoms. The number of amides is 2. The number of Topliss-reactive ketones (excluding diaryl/α,β-unsaturated/α-hetero) is 1. The molecule has 2 fully saturated rings. The van der Waals surface area contributed by atoms with E-state index in [0.717, 1.165) is 13.1 Å². The van der Waals surface area contributed by atoms with Crippen LogP contribution in [0.5, 0.6) is 5.75 Å². The predicted octanol–water partition coefficient (Wildman–Crippen LogP) is 3.08. The number of carbonyl (C=O) groups excluding carboxylic acids is 3. The average Bonchev–Trinajstić information content (AvgIpc) is 3.35. The van der Waals surface area contributed by atoms with Gasteiger partial charge in [0.15, 0.2) is 5.54 Å². The number of morpholine rings is 1. The lowest BCUT2D eigenvalue weighted by atomic mass is 9.82. The number of carbonyl (C=O) groups is 3. The predicted molar refractivity (Wildman–Crippen MR) is 151 cm³/mol. The Balaban J connectivity index is 1.61. The van der Waals surface area contributed by atoms with Gasteiger partial charge in [-0.25, -0.2) is 0 Å². The third kappa shape index (κ3) is 4.51. The van der Waals surface area contributed by atoms with E-state index >= 15 is 0 Å². The summed E-state index contributed by atoms with van der Waals surface area (Å²) in [5, 5.41) is 11.6. The van der Waals surface area contributed by atoms with Crippen molar-refractivity contribution in [3.05, 3.63) is 90.5 Å². The molecule has 1 spiro atoms. The molecular weight excluding hydrogens is 510 g/mol. The van der Waals surface area contributed by atoms with E-state index in [2.05, 4.69) is 18.1 Å². The molecule has 2 amide bonds. The first-order valence-corrected chi connectivity index (χ1v) is 13.4. The molecule has 0 saturated carbocycles. The van der Waals surface area contributed by atoms with Gasteiger partial charge in [-0.05, 0) is 36.8 Å². The molecule has 3 aliphatic rings. The molecule has 0 aliphatic carbocycles. The van der Waals surface area contributed by atoms with Crippen molar-refractivity contribution in [2.45, 2.75) is 12.0 Å². The summed E-state index contributed by atoms with van der Waals surface area (Å²) in [7, 11) is 0. The number of fused-ring (bicyclic) bond motifs is 2. The number of rotatable bonds is 10. The number of aliphatic hydroxyl groups is 1. The van der Waals surface area contributed by atoms with E-state index in [4.69, 9.17) is 9.47 Å². The second-order valence-electron chi connectivity index (χ2n) is 9.87. The van der Waals surface area contributed by atoms with Crippen molar-refractivity contribution >= 4 is 29.0 Å². The Kier molecular flexibility index (Phi) is 7.86. The van der Waals surface area contributed by atoms with Crippen molar-refractivity contribution in [2.24, 2.45) is 0 Å². The summed E-state index contributed by atoms with van der Waals surface area (Å²) in [6, 6.07) is 13.6. The molecule has 40 heavy (non-hydrogen) atoms. The van der Waals surface area contributed by atoms with Crippen molar-refractivity contribution in [1.29, 1.82) is 0 Å². The van der Waals surface area contributed by atoms with Gasteiger partial charge in [0.1, 0.15) is 18.1 Å². The van der Waals surface area contributed by atoms with E-state index in [1.807, 2.05) is 0 Å². The zero-order chi connectivity index (χ0) is 28.3. The van der Waals surface area contributed by atoms with Gasteiger partial charge in [0.25, 0.3) is 17.6 Å². The molecule has 3 aliphatic heterocycles. The molecule has 1 N–H and O–H groups in total. The third-order valence-corrected chi connectivity index (χ3v) is 7.58. The minimum absolute atomic E-state index is 0.162.